The molecule has 2 N–H and O–H groups in total. The zero-order valence-electron chi connectivity index (χ0n) is 16.4. The van der Waals surface area contributed by atoms with E-state index >= 15 is 0 Å². The fraction of sp³-hybridized carbons (Fsp3) is 0.474. The zero-order valence-corrected chi connectivity index (χ0v) is 17.2. The third-order valence-electron chi connectivity index (χ3n) is 5.62. The Morgan fingerprint density at radius 1 is 1.34 bits per heavy atom. The van der Waals surface area contributed by atoms with E-state index in [-0.39, 0.29) is 11.1 Å². The van der Waals surface area contributed by atoms with Gasteiger partial charge in [0.2, 0.25) is 0 Å². The number of fused-ring (bicyclic) bond motifs is 1. The van der Waals surface area contributed by atoms with Crippen molar-refractivity contribution in [1.29, 1.82) is 0 Å². The van der Waals surface area contributed by atoms with Gasteiger partial charge < -0.3 is 15.1 Å². The summed E-state index contributed by atoms with van der Waals surface area (Å²) in [5.74, 6) is 1.40. The average molecular weight is 414 g/mol. The van der Waals surface area contributed by atoms with Crippen LogP contribution in [0, 0.1) is 0 Å². The van der Waals surface area contributed by atoms with E-state index in [1.165, 1.54) is 0 Å². The average Bonchev–Trinajstić information content (AvgIpc) is 3.09. The van der Waals surface area contributed by atoms with Gasteiger partial charge in [-0.3, -0.25) is 14.9 Å². The quantitative estimate of drug-likeness (QED) is 0.716. The molecule has 5 rings (SSSR count). The lowest BCUT2D eigenvalue weighted by atomic mass is 10.2. The Hall–Kier alpha value is -2.59. The van der Waals surface area contributed by atoms with Crippen molar-refractivity contribution in [3.63, 3.8) is 0 Å². The van der Waals surface area contributed by atoms with Gasteiger partial charge in [0.05, 0.1) is 11.1 Å². The number of amides is 2. The second kappa shape index (κ2) is 7.03. The van der Waals surface area contributed by atoms with Crippen molar-refractivity contribution >= 4 is 46.3 Å². The number of hydrogen-bond donors (Lipinski definition) is 2. The summed E-state index contributed by atoms with van der Waals surface area (Å²) in [6.45, 7) is 2.08. The van der Waals surface area contributed by atoms with Crippen LogP contribution >= 0.6 is 11.8 Å². The van der Waals surface area contributed by atoms with Gasteiger partial charge in [-0.1, -0.05) is 0 Å². The number of carbonyl (C=O) groups excluding carboxylic acids is 2. The maximum absolute atomic E-state index is 12.0. The molecule has 2 aliphatic heterocycles. The van der Waals surface area contributed by atoms with Crippen LogP contribution in [0.5, 0.6) is 0 Å². The second-order valence-corrected chi connectivity index (χ2v) is 8.94. The smallest absolute Gasteiger partial charge is 0.290 e. The van der Waals surface area contributed by atoms with E-state index in [1.807, 2.05) is 6.07 Å². The number of nitrogens with one attached hydrogen (secondary N) is 2. The fourth-order valence-corrected chi connectivity index (χ4v) is 4.44. The van der Waals surface area contributed by atoms with Gasteiger partial charge >= 0.3 is 0 Å². The van der Waals surface area contributed by atoms with Crippen LogP contribution in [0.25, 0.3) is 11.7 Å². The number of anilines is 2. The Morgan fingerprint density at radius 3 is 2.83 bits per heavy atom. The van der Waals surface area contributed by atoms with E-state index in [2.05, 4.69) is 39.6 Å². The van der Waals surface area contributed by atoms with E-state index < -0.39 is 0 Å². The van der Waals surface area contributed by atoms with Crippen molar-refractivity contribution in [1.82, 2.24) is 24.8 Å². The summed E-state index contributed by atoms with van der Waals surface area (Å²) in [5.41, 5.74) is 1.39. The van der Waals surface area contributed by atoms with Gasteiger partial charge in [-0.15, -0.1) is 0 Å². The van der Waals surface area contributed by atoms with Crippen LogP contribution in [-0.2, 0) is 4.79 Å². The van der Waals surface area contributed by atoms with Crippen LogP contribution in [0.4, 0.5) is 16.4 Å². The Kier molecular flexibility index (Phi) is 4.47. The molecule has 4 heterocycles. The Labute approximate surface area is 172 Å². The van der Waals surface area contributed by atoms with Crippen molar-refractivity contribution in [3.8, 4) is 0 Å². The van der Waals surface area contributed by atoms with E-state index in [4.69, 9.17) is 4.98 Å². The van der Waals surface area contributed by atoms with E-state index in [0.717, 1.165) is 61.3 Å². The van der Waals surface area contributed by atoms with Crippen molar-refractivity contribution in [2.45, 2.75) is 31.3 Å². The standard InChI is InChI=1S/C19H23N7O2S/c1-24-6-5-13(10-24)25(2)15-8-16(21-12-3-4-12)26-17(22-15)11(9-20-26)7-14-18(27)23-19(28)29-14/h7-9,12-13,21H,3-6,10H2,1-2H3,(H,23,27,28)/b14-7+. The number of thioether (sulfide) groups is 1. The molecule has 0 bridgehead atoms. The van der Waals surface area contributed by atoms with Crippen LogP contribution in [0.3, 0.4) is 0 Å². The summed E-state index contributed by atoms with van der Waals surface area (Å²) in [7, 11) is 4.22. The van der Waals surface area contributed by atoms with Crippen LogP contribution < -0.4 is 15.5 Å². The lowest BCUT2D eigenvalue weighted by Gasteiger charge is -2.26. The van der Waals surface area contributed by atoms with E-state index in [0.29, 0.717) is 22.6 Å². The van der Waals surface area contributed by atoms with Gasteiger partial charge in [0.25, 0.3) is 11.1 Å². The summed E-state index contributed by atoms with van der Waals surface area (Å²) in [5, 5.41) is 9.96. The molecule has 2 aromatic rings. The Bertz CT molecular complexity index is 1030. The Morgan fingerprint density at radius 2 is 2.17 bits per heavy atom. The van der Waals surface area contributed by atoms with Gasteiger partial charge in [0, 0.05) is 37.3 Å². The minimum Gasteiger partial charge on any atom is -0.367 e. The largest absolute Gasteiger partial charge is 0.367 e. The highest BCUT2D eigenvalue weighted by Crippen LogP contribution is 2.31. The Balaban J connectivity index is 1.56. The van der Waals surface area contributed by atoms with Gasteiger partial charge in [-0.2, -0.15) is 9.61 Å². The zero-order chi connectivity index (χ0) is 20.1. The number of imide groups is 1. The first-order valence-electron chi connectivity index (χ1n) is 9.79. The van der Waals surface area contributed by atoms with Crippen molar-refractivity contribution in [2.75, 3.05) is 37.4 Å². The lowest BCUT2D eigenvalue weighted by molar-refractivity contribution is -0.115. The van der Waals surface area contributed by atoms with Gasteiger partial charge in [0.1, 0.15) is 11.6 Å². The molecule has 152 valence electrons. The second-order valence-electron chi connectivity index (χ2n) is 7.92. The van der Waals surface area contributed by atoms with Crippen LogP contribution in [-0.4, -0.2) is 69.9 Å². The summed E-state index contributed by atoms with van der Waals surface area (Å²) >= 11 is 0.902. The molecule has 0 radical (unpaired) electrons. The molecule has 1 unspecified atom stereocenters. The molecular weight excluding hydrogens is 390 g/mol. The van der Waals surface area contributed by atoms with Crippen LogP contribution in [0.2, 0.25) is 0 Å². The molecule has 0 aromatic carbocycles. The molecule has 3 fully saturated rings. The third kappa shape index (κ3) is 3.58. The molecule has 10 heteroatoms. The van der Waals surface area contributed by atoms with Gasteiger partial charge in [-0.25, -0.2) is 4.98 Å². The van der Waals surface area contributed by atoms with E-state index in [9.17, 15) is 9.59 Å². The predicted molar refractivity (Wildman–Crippen MR) is 113 cm³/mol. The minimum absolute atomic E-state index is 0.354. The highest BCUT2D eigenvalue weighted by Gasteiger charge is 2.28. The first-order valence-corrected chi connectivity index (χ1v) is 10.6. The molecule has 1 atom stereocenters. The molecule has 9 nitrogen and oxygen atoms in total. The first kappa shape index (κ1) is 18.4. The number of likely N-dealkylation sites (tertiary alicyclic amines) is 1. The van der Waals surface area contributed by atoms with Crippen LogP contribution in [0.1, 0.15) is 24.8 Å². The van der Waals surface area contributed by atoms with Gasteiger partial charge in [-0.05, 0) is 50.7 Å². The number of rotatable bonds is 5. The monoisotopic (exact) mass is 413 g/mol. The summed E-state index contributed by atoms with van der Waals surface area (Å²) in [6, 6.07) is 2.92. The van der Waals surface area contributed by atoms with E-state index in [1.54, 1.807) is 16.8 Å². The summed E-state index contributed by atoms with van der Waals surface area (Å²) in [6.07, 6.45) is 6.78. The van der Waals surface area contributed by atoms with Crippen molar-refractivity contribution in [2.24, 2.45) is 0 Å². The van der Waals surface area contributed by atoms with Crippen LogP contribution in [0.15, 0.2) is 17.2 Å². The summed E-state index contributed by atoms with van der Waals surface area (Å²) < 4.78 is 1.78. The normalized spacial score (nSPS) is 23.9. The molecular formula is C19H23N7O2S. The number of likely N-dealkylation sites (N-methyl/N-ethyl adjacent to an activating group) is 2. The minimum atomic E-state index is -0.377. The molecule has 1 aliphatic carbocycles. The molecule has 2 amide bonds. The number of nitrogens with zero attached hydrogens (tertiary/aromatic N) is 5. The van der Waals surface area contributed by atoms with Crippen molar-refractivity contribution in [3.05, 3.63) is 22.7 Å². The predicted octanol–water partition coefficient (Wildman–Crippen LogP) is 1.77. The number of aromatic nitrogens is 3. The SMILES string of the molecule is CN1CCC(N(C)c2cc(NC3CC3)n3ncc(/C=C4/SC(=O)NC4=O)c3n2)C1. The van der Waals surface area contributed by atoms with Gasteiger partial charge in [0.15, 0.2) is 5.65 Å². The first-order chi connectivity index (χ1) is 14.0. The molecule has 2 saturated heterocycles. The summed E-state index contributed by atoms with van der Waals surface area (Å²) in [4.78, 5) is 33.2. The molecule has 29 heavy (non-hydrogen) atoms. The fourth-order valence-electron chi connectivity index (χ4n) is 3.77. The topological polar surface area (TPSA) is 94.9 Å². The molecule has 3 aliphatic rings. The lowest BCUT2D eigenvalue weighted by Crippen LogP contribution is -2.34. The molecule has 1 saturated carbocycles. The number of hydrogen-bond acceptors (Lipinski definition) is 8. The number of carbonyl (C=O) groups is 2. The third-order valence-corrected chi connectivity index (χ3v) is 6.43. The highest BCUT2D eigenvalue weighted by atomic mass is 32.2. The maximum Gasteiger partial charge on any atom is 0.290 e. The molecule has 0 spiro atoms. The van der Waals surface area contributed by atoms with Crippen molar-refractivity contribution < 1.29 is 9.59 Å². The molecule has 2 aromatic heterocycles. The maximum atomic E-state index is 12.0. The highest BCUT2D eigenvalue weighted by molar-refractivity contribution is 8.18.